The van der Waals surface area contributed by atoms with Crippen LogP contribution in [-0.2, 0) is 9.59 Å². The second-order valence-electron chi connectivity index (χ2n) is 7.76. The number of rotatable bonds is 2. The normalized spacial score (nSPS) is 26.6. The third kappa shape index (κ3) is 3.04. The number of imide groups is 1. The molecule has 1 aromatic carbocycles. The second-order valence-corrected chi connectivity index (χ2v) is 7.76. The van der Waals surface area contributed by atoms with E-state index in [1.807, 2.05) is 4.90 Å². The average molecular weight is 354 g/mol. The maximum atomic E-state index is 12.7. The Hall–Kier alpha value is -2.17. The number of hydrogen-bond acceptors (Lipinski definition) is 3. The molecule has 0 spiro atoms. The number of fused-ring (bicyclic) bond motifs is 1. The summed E-state index contributed by atoms with van der Waals surface area (Å²) in [6.45, 7) is 1.63. The maximum Gasteiger partial charge on any atom is 0.253 e. The molecular weight excluding hydrogens is 328 g/mol. The average Bonchev–Trinajstić information content (AvgIpc) is 2.87. The first-order valence-electron chi connectivity index (χ1n) is 9.94. The molecule has 0 N–H and O–H groups in total. The van der Waals surface area contributed by atoms with Gasteiger partial charge in [0.25, 0.3) is 5.91 Å². The molecule has 2 aliphatic heterocycles. The van der Waals surface area contributed by atoms with Crippen molar-refractivity contribution in [2.24, 2.45) is 11.8 Å². The van der Waals surface area contributed by atoms with Gasteiger partial charge in [-0.25, -0.2) is 0 Å². The molecule has 1 aliphatic carbocycles. The van der Waals surface area contributed by atoms with E-state index in [-0.39, 0.29) is 29.6 Å². The quantitative estimate of drug-likeness (QED) is 0.765. The molecule has 5 heteroatoms. The van der Waals surface area contributed by atoms with Crippen LogP contribution in [0.2, 0.25) is 0 Å². The van der Waals surface area contributed by atoms with E-state index in [1.54, 1.807) is 24.3 Å². The summed E-state index contributed by atoms with van der Waals surface area (Å²) in [5.41, 5.74) is 1.23. The Morgan fingerprint density at radius 3 is 1.85 bits per heavy atom. The summed E-state index contributed by atoms with van der Waals surface area (Å²) in [5, 5.41) is 0. The minimum atomic E-state index is -0.144. The summed E-state index contributed by atoms with van der Waals surface area (Å²) >= 11 is 0. The lowest BCUT2D eigenvalue weighted by molar-refractivity contribution is -0.122. The fourth-order valence-corrected chi connectivity index (χ4v) is 4.63. The van der Waals surface area contributed by atoms with Crippen LogP contribution in [0.5, 0.6) is 0 Å². The third-order valence-corrected chi connectivity index (χ3v) is 6.11. The largest absolute Gasteiger partial charge is 0.339 e. The van der Waals surface area contributed by atoms with Crippen molar-refractivity contribution in [1.82, 2.24) is 4.90 Å². The molecule has 2 unspecified atom stereocenters. The maximum absolute atomic E-state index is 12.7. The lowest BCUT2D eigenvalue weighted by Crippen LogP contribution is -2.32. The molecule has 2 heterocycles. The van der Waals surface area contributed by atoms with Gasteiger partial charge in [-0.05, 0) is 49.9 Å². The van der Waals surface area contributed by atoms with E-state index in [4.69, 9.17) is 0 Å². The van der Waals surface area contributed by atoms with E-state index in [9.17, 15) is 14.4 Å². The van der Waals surface area contributed by atoms with Crippen molar-refractivity contribution < 1.29 is 14.4 Å². The van der Waals surface area contributed by atoms with Gasteiger partial charge in [-0.2, -0.15) is 0 Å². The number of nitrogens with zero attached hydrogens (tertiary/aromatic N) is 2. The predicted molar refractivity (Wildman–Crippen MR) is 98.8 cm³/mol. The van der Waals surface area contributed by atoms with Crippen LogP contribution < -0.4 is 4.90 Å². The van der Waals surface area contributed by atoms with Crippen molar-refractivity contribution in [3.05, 3.63) is 29.8 Å². The highest BCUT2D eigenvalue weighted by Gasteiger charge is 2.48. The lowest BCUT2D eigenvalue weighted by Gasteiger charge is -2.21. The molecular formula is C21H26N2O3. The summed E-state index contributed by atoms with van der Waals surface area (Å²) in [4.78, 5) is 41.3. The van der Waals surface area contributed by atoms with Crippen LogP contribution in [0.15, 0.2) is 24.3 Å². The van der Waals surface area contributed by atoms with Gasteiger partial charge in [-0.1, -0.05) is 25.7 Å². The number of carbonyl (C=O) groups excluding carboxylic acids is 3. The van der Waals surface area contributed by atoms with E-state index >= 15 is 0 Å². The number of benzene rings is 1. The zero-order valence-corrected chi connectivity index (χ0v) is 15.2. The fourth-order valence-electron chi connectivity index (χ4n) is 4.63. The van der Waals surface area contributed by atoms with Crippen molar-refractivity contribution in [2.75, 3.05) is 18.0 Å². The Morgan fingerprint density at radius 1 is 0.769 bits per heavy atom. The zero-order chi connectivity index (χ0) is 18.1. The smallest absolute Gasteiger partial charge is 0.253 e. The lowest BCUT2D eigenvalue weighted by atomic mass is 9.81. The van der Waals surface area contributed by atoms with Gasteiger partial charge in [-0.3, -0.25) is 19.3 Å². The molecule has 4 rings (SSSR count). The van der Waals surface area contributed by atoms with Gasteiger partial charge in [0.1, 0.15) is 0 Å². The van der Waals surface area contributed by atoms with Crippen molar-refractivity contribution in [3.63, 3.8) is 0 Å². The molecule has 1 aromatic rings. The fraction of sp³-hybridized carbons (Fsp3) is 0.571. The summed E-state index contributed by atoms with van der Waals surface area (Å²) in [7, 11) is 0. The Bertz CT molecular complexity index is 680. The Labute approximate surface area is 154 Å². The van der Waals surface area contributed by atoms with Crippen molar-refractivity contribution in [3.8, 4) is 0 Å². The highest BCUT2D eigenvalue weighted by atomic mass is 16.2. The van der Waals surface area contributed by atoms with Crippen LogP contribution >= 0.6 is 0 Å². The molecule has 26 heavy (non-hydrogen) atoms. The first kappa shape index (κ1) is 17.3. The first-order valence-corrected chi connectivity index (χ1v) is 9.94. The van der Waals surface area contributed by atoms with Gasteiger partial charge in [0.2, 0.25) is 11.8 Å². The monoisotopic (exact) mass is 354 g/mol. The minimum absolute atomic E-state index is 0.0474. The molecule has 0 bridgehead atoms. The molecule has 3 fully saturated rings. The van der Waals surface area contributed by atoms with E-state index in [2.05, 4.69) is 0 Å². The van der Waals surface area contributed by atoms with E-state index < -0.39 is 0 Å². The van der Waals surface area contributed by atoms with Gasteiger partial charge in [-0.15, -0.1) is 0 Å². The van der Waals surface area contributed by atoms with Crippen molar-refractivity contribution in [2.45, 2.75) is 51.4 Å². The molecule has 3 amide bonds. The molecule has 0 aromatic heterocycles. The highest BCUT2D eigenvalue weighted by Crippen LogP contribution is 2.40. The number of likely N-dealkylation sites (tertiary alicyclic amines) is 1. The van der Waals surface area contributed by atoms with E-state index in [0.717, 1.165) is 51.6 Å². The summed E-state index contributed by atoms with van der Waals surface area (Å²) in [6, 6.07) is 7.01. The zero-order valence-electron chi connectivity index (χ0n) is 15.2. The number of hydrogen-bond donors (Lipinski definition) is 0. The minimum Gasteiger partial charge on any atom is -0.339 e. The van der Waals surface area contributed by atoms with Gasteiger partial charge in [0, 0.05) is 18.7 Å². The molecule has 3 aliphatic rings. The Balaban J connectivity index is 1.51. The van der Waals surface area contributed by atoms with Crippen molar-refractivity contribution in [1.29, 1.82) is 0 Å². The summed E-state index contributed by atoms with van der Waals surface area (Å²) < 4.78 is 0. The SMILES string of the molecule is O=C(c1ccc(N2C(=O)C3CCCCC3C2=O)cc1)N1CCCCCC1. The van der Waals surface area contributed by atoms with E-state index in [1.165, 1.54) is 17.7 Å². The second kappa shape index (κ2) is 7.22. The number of amides is 3. The number of carbonyl (C=O) groups is 3. The number of anilines is 1. The predicted octanol–water partition coefficient (Wildman–Crippen LogP) is 3.38. The van der Waals surface area contributed by atoms with E-state index in [0.29, 0.717) is 11.3 Å². The first-order chi connectivity index (χ1) is 12.7. The van der Waals surface area contributed by atoms with Crippen LogP contribution in [0.3, 0.4) is 0 Å². The molecule has 2 atom stereocenters. The van der Waals surface area contributed by atoms with Crippen molar-refractivity contribution >= 4 is 23.4 Å². The molecule has 5 nitrogen and oxygen atoms in total. The molecule has 2 saturated heterocycles. The van der Waals surface area contributed by atoms with Crippen LogP contribution in [-0.4, -0.2) is 35.7 Å². The van der Waals surface area contributed by atoms with Crippen LogP contribution in [0.1, 0.15) is 61.7 Å². The van der Waals surface area contributed by atoms with Gasteiger partial charge in [0.05, 0.1) is 17.5 Å². The summed E-state index contributed by atoms with van der Waals surface area (Å²) in [6.07, 6.45) is 8.17. The molecule has 1 saturated carbocycles. The van der Waals surface area contributed by atoms with Crippen LogP contribution in [0.25, 0.3) is 0 Å². The topological polar surface area (TPSA) is 57.7 Å². The van der Waals surface area contributed by atoms with Gasteiger partial charge in [0.15, 0.2) is 0 Å². The molecule has 0 radical (unpaired) electrons. The standard InChI is InChI=1S/C21H26N2O3/c24-19(22-13-5-1-2-6-14-22)15-9-11-16(12-10-15)23-20(25)17-7-3-4-8-18(17)21(23)26/h9-12,17-18H,1-8,13-14H2. The summed E-state index contributed by atoms with van der Waals surface area (Å²) in [5.74, 6) is -0.367. The van der Waals surface area contributed by atoms with Gasteiger partial charge < -0.3 is 4.90 Å². The highest BCUT2D eigenvalue weighted by molar-refractivity contribution is 6.22. The third-order valence-electron chi connectivity index (χ3n) is 6.11. The molecule has 138 valence electrons. The van der Waals surface area contributed by atoms with Gasteiger partial charge >= 0.3 is 0 Å². The Kier molecular flexibility index (Phi) is 4.79. The van der Waals surface area contributed by atoms with Crippen LogP contribution in [0, 0.1) is 11.8 Å². The van der Waals surface area contributed by atoms with Crippen LogP contribution in [0.4, 0.5) is 5.69 Å². The Morgan fingerprint density at radius 2 is 1.31 bits per heavy atom.